The van der Waals surface area contributed by atoms with Gasteiger partial charge in [0, 0.05) is 31.9 Å². The molecule has 7 nitrogen and oxygen atoms in total. The fraction of sp³-hybridized carbons (Fsp3) is 0.263. The first-order valence-corrected chi connectivity index (χ1v) is 8.36. The van der Waals surface area contributed by atoms with Crippen molar-refractivity contribution in [2.75, 3.05) is 43.5 Å². The minimum atomic E-state index is -0.679. The Morgan fingerprint density at radius 2 is 1.65 bits per heavy atom. The molecule has 2 aromatic rings. The third kappa shape index (κ3) is 3.88. The summed E-state index contributed by atoms with van der Waals surface area (Å²) in [6.07, 6.45) is 0. The number of aromatic hydroxyl groups is 1. The number of hydrogen-bond acceptors (Lipinski definition) is 5. The molecule has 1 fully saturated rings. The summed E-state index contributed by atoms with van der Waals surface area (Å²) >= 11 is 0. The molecule has 3 rings (SSSR count). The van der Waals surface area contributed by atoms with Crippen LogP contribution in [-0.4, -0.2) is 55.1 Å². The van der Waals surface area contributed by atoms with Crippen LogP contribution in [0.1, 0.15) is 0 Å². The van der Waals surface area contributed by atoms with E-state index in [4.69, 9.17) is 4.74 Å². The lowest BCUT2D eigenvalue weighted by Crippen LogP contribution is -2.51. The Hall–Kier alpha value is -3.22. The van der Waals surface area contributed by atoms with Crippen molar-refractivity contribution in [2.45, 2.75) is 0 Å². The summed E-state index contributed by atoms with van der Waals surface area (Å²) in [5, 5.41) is 11.8. The van der Waals surface area contributed by atoms with Gasteiger partial charge in [-0.2, -0.15) is 0 Å². The van der Waals surface area contributed by atoms with Gasteiger partial charge in [-0.3, -0.25) is 9.59 Å². The van der Waals surface area contributed by atoms with Gasteiger partial charge in [-0.25, -0.2) is 0 Å². The van der Waals surface area contributed by atoms with Gasteiger partial charge in [0.1, 0.15) is 11.5 Å². The predicted molar refractivity (Wildman–Crippen MR) is 98.5 cm³/mol. The van der Waals surface area contributed by atoms with Crippen molar-refractivity contribution in [2.24, 2.45) is 0 Å². The van der Waals surface area contributed by atoms with Gasteiger partial charge in [0.25, 0.3) is 0 Å². The molecule has 0 atom stereocenters. The SMILES string of the molecule is COc1ccccc1N1CCN(C(=O)C(=O)Nc2ccc(O)cc2)CC1. The first-order chi connectivity index (χ1) is 12.6. The second-order valence-corrected chi connectivity index (χ2v) is 5.95. The number of carbonyl (C=O) groups excluding carboxylic acids is 2. The van der Waals surface area contributed by atoms with Gasteiger partial charge in [-0.1, -0.05) is 12.1 Å². The van der Waals surface area contributed by atoms with Crippen molar-refractivity contribution in [3.05, 3.63) is 48.5 Å². The number of phenols is 1. The molecular weight excluding hydrogens is 334 g/mol. The summed E-state index contributed by atoms with van der Waals surface area (Å²) in [6, 6.07) is 13.7. The molecule has 0 aliphatic carbocycles. The number of para-hydroxylation sites is 2. The molecule has 0 bridgehead atoms. The molecule has 26 heavy (non-hydrogen) atoms. The quantitative estimate of drug-likeness (QED) is 0.647. The van der Waals surface area contributed by atoms with Crippen LogP contribution < -0.4 is 15.0 Å². The molecular formula is C19H21N3O4. The van der Waals surface area contributed by atoms with Crippen LogP contribution in [0.2, 0.25) is 0 Å². The number of ether oxygens (including phenoxy) is 1. The van der Waals surface area contributed by atoms with Crippen LogP contribution in [0.3, 0.4) is 0 Å². The fourth-order valence-electron chi connectivity index (χ4n) is 2.91. The van der Waals surface area contributed by atoms with Crippen LogP contribution in [0.15, 0.2) is 48.5 Å². The highest BCUT2D eigenvalue weighted by molar-refractivity contribution is 6.39. The standard InChI is InChI=1S/C19H21N3O4/c1-26-17-5-3-2-4-16(17)21-10-12-22(13-11-21)19(25)18(24)20-14-6-8-15(23)9-7-14/h2-9,23H,10-13H2,1H3,(H,20,24). The van der Waals surface area contributed by atoms with E-state index in [1.165, 1.54) is 12.1 Å². The maximum absolute atomic E-state index is 12.4. The second kappa shape index (κ2) is 7.77. The fourth-order valence-corrected chi connectivity index (χ4v) is 2.91. The molecule has 0 spiro atoms. The summed E-state index contributed by atoms with van der Waals surface area (Å²) in [5.74, 6) is -0.349. The number of rotatable bonds is 3. The molecule has 2 N–H and O–H groups in total. The number of benzene rings is 2. The number of hydrogen-bond donors (Lipinski definition) is 2. The lowest BCUT2D eigenvalue weighted by atomic mass is 10.2. The van der Waals surface area contributed by atoms with E-state index in [2.05, 4.69) is 10.2 Å². The van der Waals surface area contributed by atoms with Gasteiger partial charge in [-0.05, 0) is 36.4 Å². The minimum absolute atomic E-state index is 0.0989. The lowest BCUT2D eigenvalue weighted by molar-refractivity contribution is -0.143. The molecule has 0 unspecified atom stereocenters. The van der Waals surface area contributed by atoms with E-state index in [1.807, 2.05) is 24.3 Å². The van der Waals surface area contributed by atoms with Crippen LogP contribution in [0.4, 0.5) is 11.4 Å². The summed E-state index contributed by atoms with van der Waals surface area (Å²) in [6.45, 7) is 2.16. The van der Waals surface area contributed by atoms with Crippen LogP contribution >= 0.6 is 0 Å². The Balaban J connectivity index is 1.58. The first-order valence-electron chi connectivity index (χ1n) is 8.36. The molecule has 0 radical (unpaired) electrons. The zero-order chi connectivity index (χ0) is 18.5. The van der Waals surface area contributed by atoms with Crippen LogP contribution in [0.25, 0.3) is 0 Å². The molecule has 136 valence electrons. The van der Waals surface area contributed by atoms with Gasteiger partial charge in [0.15, 0.2) is 0 Å². The molecule has 1 aliphatic rings. The second-order valence-electron chi connectivity index (χ2n) is 5.95. The normalized spacial score (nSPS) is 14.0. The topological polar surface area (TPSA) is 82.1 Å². The first kappa shape index (κ1) is 17.6. The average molecular weight is 355 g/mol. The molecule has 1 aliphatic heterocycles. The van der Waals surface area contributed by atoms with Gasteiger partial charge in [-0.15, -0.1) is 0 Å². The van der Waals surface area contributed by atoms with E-state index in [0.29, 0.717) is 31.9 Å². The summed E-state index contributed by atoms with van der Waals surface area (Å²) in [7, 11) is 1.63. The molecule has 0 aromatic heterocycles. The van der Waals surface area contributed by atoms with Crippen molar-refractivity contribution >= 4 is 23.2 Å². The van der Waals surface area contributed by atoms with Crippen molar-refractivity contribution in [1.82, 2.24) is 4.90 Å². The largest absolute Gasteiger partial charge is 0.508 e. The minimum Gasteiger partial charge on any atom is -0.508 e. The van der Waals surface area contributed by atoms with Gasteiger partial charge < -0.3 is 25.0 Å². The molecule has 0 saturated carbocycles. The maximum Gasteiger partial charge on any atom is 0.313 e. The molecule has 2 amide bonds. The van der Waals surface area contributed by atoms with Crippen LogP contribution in [0, 0.1) is 0 Å². The summed E-state index contributed by atoms with van der Waals surface area (Å²) < 4.78 is 5.38. The van der Waals surface area contributed by atoms with Gasteiger partial charge in [0.2, 0.25) is 0 Å². The van der Waals surface area contributed by atoms with E-state index in [9.17, 15) is 14.7 Å². The highest BCUT2D eigenvalue weighted by Crippen LogP contribution is 2.28. The number of nitrogens with zero attached hydrogens (tertiary/aromatic N) is 2. The monoisotopic (exact) mass is 355 g/mol. The Morgan fingerprint density at radius 1 is 1.00 bits per heavy atom. The highest BCUT2D eigenvalue weighted by atomic mass is 16.5. The Labute approximate surface area is 151 Å². The van der Waals surface area contributed by atoms with Crippen LogP contribution in [0.5, 0.6) is 11.5 Å². The van der Waals surface area contributed by atoms with Crippen molar-refractivity contribution in [3.63, 3.8) is 0 Å². The van der Waals surface area contributed by atoms with Crippen molar-refractivity contribution in [3.8, 4) is 11.5 Å². The number of anilines is 2. The summed E-state index contributed by atoms with van der Waals surface area (Å²) in [4.78, 5) is 28.2. The summed E-state index contributed by atoms with van der Waals surface area (Å²) in [5.41, 5.74) is 1.45. The molecule has 1 heterocycles. The third-order valence-corrected chi connectivity index (χ3v) is 4.31. The number of carbonyl (C=O) groups is 2. The zero-order valence-electron chi connectivity index (χ0n) is 14.5. The highest BCUT2D eigenvalue weighted by Gasteiger charge is 2.27. The van der Waals surface area contributed by atoms with E-state index in [0.717, 1.165) is 11.4 Å². The van der Waals surface area contributed by atoms with Crippen molar-refractivity contribution in [1.29, 1.82) is 0 Å². The van der Waals surface area contributed by atoms with Gasteiger partial charge in [0.05, 0.1) is 12.8 Å². The maximum atomic E-state index is 12.4. The Morgan fingerprint density at radius 3 is 2.31 bits per heavy atom. The van der Waals surface area contributed by atoms with E-state index < -0.39 is 11.8 Å². The molecule has 1 saturated heterocycles. The zero-order valence-corrected chi connectivity index (χ0v) is 14.5. The van der Waals surface area contributed by atoms with E-state index in [-0.39, 0.29) is 5.75 Å². The predicted octanol–water partition coefficient (Wildman–Crippen LogP) is 1.69. The Kier molecular flexibility index (Phi) is 5.26. The Bertz CT molecular complexity index is 784. The smallest absolute Gasteiger partial charge is 0.313 e. The lowest BCUT2D eigenvalue weighted by Gasteiger charge is -2.36. The number of methoxy groups -OCH3 is 1. The average Bonchev–Trinajstić information content (AvgIpc) is 2.69. The van der Waals surface area contributed by atoms with E-state index >= 15 is 0 Å². The molecule has 7 heteroatoms. The third-order valence-electron chi connectivity index (χ3n) is 4.31. The number of nitrogens with one attached hydrogen (secondary N) is 1. The number of piperazine rings is 1. The van der Waals surface area contributed by atoms with Crippen molar-refractivity contribution < 1.29 is 19.4 Å². The number of amides is 2. The van der Waals surface area contributed by atoms with E-state index in [1.54, 1.807) is 24.1 Å². The van der Waals surface area contributed by atoms with Crippen LogP contribution in [-0.2, 0) is 9.59 Å². The molecule has 2 aromatic carbocycles. The number of phenolic OH excluding ortho intramolecular Hbond substituents is 1. The van der Waals surface area contributed by atoms with Gasteiger partial charge >= 0.3 is 11.8 Å².